The van der Waals surface area contributed by atoms with Gasteiger partial charge < -0.3 is 9.26 Å². The number of sulfonamides is 1. The first-order valence-electron chi connectivity index (χ1n) is 8.70. The van der Waals surface area contributed by atoms with Gasteiger partial charge >= 0.3 is 0 Å². The molecule has 0 bridgehead atoms. The highest BCUT2D eigenvalue weighted by atomic mass is 32.2. The summed E-state index contributed by atoms with van der Waals surface area (Å²) in [5, 5.41) is 3.87. The molecule has 7 nitrogen and oxygen atoms in total. The van der Waals surface area contributed by atoms with E-state index >= 15 is 0 Å². The first-order chi connectivity index (χ1) is 11.4. The molecule has 134 valence electrons. The molecule has 0 amide bonds. The molecule has 2 atom stereocenters. The van der Waals surface area contributed by atoms with Crippen LogP contribution in [0.1, 0.15) is 29.9 Å². The van der Waals surface area contributed by atoms with E-state index in [1.54, 1.807) is 4.31 Å². The second-order valence-corrected chi connectivity index (χ2v) is 9.48. The third-order valence-corrected chi connectivity index (χ3v) is 7.80. The molecule has 1 saturated carbocycles. The van der Waals surface area contributed by atoms with Crippen LogP contribution in [-0.4, -0.2) is 66.9 Å². The molecule has 1 aliphatic carbocycles. The predicted molar refractivity (Wildman–Crippen MR) is 88.0 cm³/mol. The molecular formula is C16H25N3O4S. The number of likely N-dealkylation sites (tertiary alicyclic amines) is 1. The number of ether oxygens (including phenoxy) is 1. The third-order valence-electron chi connectivity index (χ3n) is 5.44. The molecular weight excluding hydrogens is 330 g/mol. The van der Waals surface area contributed by atoms with Crippen molar-refractivity contribution in [1.29, 1.82) is 0 Å². The Kier molecular flexibility index (Phi) is 4.19. The summed E-state index contributed by atoms with van der Waals surface area (Å²) < 4.78 is 38.0. The molecule has 1 aromatic heterocycles. The topological polar surface area (TPSA) is 75.9 Å². The SMILES string of the molecule is Cc1noc(C)c1CN1C[C@@H]2CN(S(=O)(=O)C3CC3)CCO[C@@H]2C1. The minimum absolute atomic E-state index is 0.116. The van der Waals surface area contributed by atoms with Gasteiger partial charge in [-0.1, -0.05) is 5.16 Å². The zero-order chi connectivity index (χ0) is 16.9. The fourth-order valence-corrected chi connectivity index (χ4v) is 5.72. The first kappa shape index (κ1) is 16.5. The summed E-state index contributed by atoms with van der Waals surface area (Å²) in [6, 6.07) is 0. The maximum Gasteiger partial charge on any atom is 0.217 e. The van der Waals surface area contributed by atoms with Gasteiger partial charge in [0.25, 0.3) is 0 Å². The fraction of sp³-hybridized carbons (Fsp3) is 0.812. The van der Waals surface area contributed by atoms with Gasteiger partial charge in [0.15, 0.2) is 0 Å². The zero-order valence-electron chi connectivity index (χ0n) is 14.3. The molecule has 1 aromatic rings. The van der Waals surface area contributed by atoms with Crippen molar-refractivity contribution in [1.82, 2.24) is 14.4 Å². The van der Waals surface area contributed by atoms with Gasteiger partial charge in [0, 0.05) is 44.2 Å². The molecule has 0 aromatic carbocycles. The van der Waals surface area contributed by atoms with Crippen molar-refractivity contribution in [3.63, 3.8) is 0 Å². The standard InChI is InChI=1S/C16H25N3O4S/c1-11-15(12(2)23-17-11)9-18-7-13-8-19(5-6-22-16(13)10-18)24(20,21)14-3-4-14/h13-14,16H,3-10H2,1-2H3/t13-,16-/m1/s1. The van der Waals surface area contributed by atoms with Crippen molar-refractivity contribution in [2.24, 2.45) is 5.92 Å². The van der Waals surface area contributed by atoms with Gasteiger partial charge in [-0.25, -0.2) is 8.42 Å². The van der Waals surface area contributed by atoms with Crippen LogP contribution in [0.5, 0.6) is 0 Å². The van der Waals surface area contributed by atoms with Crippen LogP contribution in [-0.2, 0) is 21.3 Å². The van der Waals surface area contributed by atoms with Gasteiger partial charge in [-0.2, -0.15) is 4.31 Å². The second-order valence-electron chi connectivity index (χ2n) is 7.27. The molecule has 3 heterocycles. The van der Waals surface area contributed by atoms with E-state index in [1.165, 1.54) is 0 Å². The summed E-state index contributed by atoms with van der Waals surface area (Å²) in [5.41, 5.74) is 2.06. The smallest absolute Gasteiger partial charge is 0.217 e. The molecule has 0 N–H and O–H groups in total. The van der Waals surface area contributed by atoms with Crippen LogP contribution in [0.15, 0.2) is 4.52 Å². The lowest BCUT2D eigenvalue weighted by Gasteiger charge is -2.23. The number of nitrogens with zero attached hydrogens (tertiary/aromatic N) is 3. The molecule has 0 unspecified atom stereocenters. The van der Waals surface area contributed by atoms with Gasteiger partial charge in [-0.3, -0.25) is 4.90 Å². The van der Waals surface area contributed by atoms with Crippen molar-refractivity contribution in [3.05, 3.63) is 17.0 Å². The largest absolute Gasteiger partial charge is 0.375 e. The number of aryl methyl sites for hydroxylation is 2. The van der Waals surface area contributed by atoms with E-state index in [0.29, 0.717) is 19.7 Å². The van der Waals surface area contributed by atoms with Crippen molar-refractivity contribution in [2.45, 2.75) is 44.6 Å². The van der Waals surface area contributed by atoms with E-state index in [2.05, 4.69) is 10.1 Å². The van der Waals surface area contributed by atoms with Gasteiger partial charge in [-0.15, -0.1) is 0 Å². The minimum Gasteiger partial charge on any atom is -0.375 e. The Morgan fingerprint density at radius 2 is 2.00 bits per heavy atom. The van der Waals surface area contributed by atoms with E-state index in [4.69, 9.17) is 9.26 Å². The van der Waals surface area contributed by atoms with E-state index < -0.39 is 10.0 Å². The molecule has 24 heavy (non-hydrogen) atoms. The lowest BCUT2D eigenvalue weighted by molar-refractivity contribution is 0.0518. The van der Waals surface area contributed by atoms with Crippen LogP contribution in [0.25, 0.3) is 0 Å². The molecule has 3 aliphatic rings. The van der Waals surface area contributed by atoms with E-state index in [1.807, 2.05) is 13.8 Å². The zero-order valence-corrected chi connectivity index (χ0v) is 15.1. The maximum atomic E-state index is 12.6. The number of hydrogen-bond donors (Lipinski definition) is 0. The fourth-order valence-electron chi connectivity index (χ4n) is 3.84. The van der Waals surface area contributed by atoms with Crippen molar-refractivity contribution in [2.75, 3.05) is 32.8 Å². The second kappa shape index (κ2) is 6.09. The van der Waals surface area contributed by atoms with Crippen LogP contribution in [0.4, 0.5) is 0 Å². The number of fused-ring (bicyclic) bond motifs is 1. The highest BCUT2D eigenvalue weighted by Crippen LogP contribution is 2.34. The van der Waals surface area contributed by atoms with Crippen LogP contribution < -0.4 is 0 Å². The van der Waals surface area contributed by atoms with E-state index in [9.17, 15) is 8.42 Å². The van der Waals surface area contributed by atoms with Crippen LogP contribution in [0.3, 0.4) is 0 Å². The summed E-state index contributed by atoms with van der Waals surface area (Å²) >= 11 is 0. The summed E-state index contributed by atoms with van der Waals surface area (Å²) in [4.78, 5) is 2.33. The Labute approximate surface area is 143 Å². The molecule has 2 aliphatic heterocycles. The van der Waals surface area contributed by atoms with Gasteiger partial charge in [0.1, 0.15) is 5.76 Å². The number of rotatable bonds is 4. The quantitative estimate of drug-likeness (QED) is 0.799. The van der Waals surface area contributed by atoms with Crippen LogP contribution in [0.2, 0.25) is 0 Å². The molecule has 2 saturated heterocycles. The molecule has 0 radical (unpaired) electrons. The Morgan fingerprint density at radius 1 is 1.21 bits per heavy atom. The average molecular weight is 355 g/mol. The molecule has 0 spiro atoms. The highest BCUT2D eigenvalue weighted by Gasteiger charge is 2.44. The van der Waals surface area contributed by atoms with E-state index in [-0.39, 0.29) is 17.3 Å². The van der Waals surface area contributed by atoms with Crippen LogP contribution in [0, 0.1) is 19.8 Å². The van der Waals surface area contributed by atoms with Crippen molar-refractivity contribution >= 4 is 10.0 Å². The minimum atomic E-state index is -3.12. The van der Waals surface area contributed by atoms with Gasteiger partial charge in [0.05, 0.1) is 23.7 Å². The Morgan fingerprint density at radius 3 is 2.67 bits per heavy atom. The third kappa shape index (κ3) is 3.00. The molecule has 4 rings (SSSR count). The monoisotopic (exact) mass is 355 g/mol. The van der Waals surface area contributed by atoms with Crippen molar-refractivity contribution < 1.29 is 17.7 Å². The molecule has 3 fully saturated rings. The van der Waals surface area contributed by atoms with Gasteiger partial charge in [0.2, 0.25) is 10.0 Å². The Balaban J connectivity index is 1.44. The average Bonchev–Trinajstić information content (AvgIpc) is 3.31. The normalized spacial score (nSPS) is 29.6. The first-order valence-corrected chi connectivity index (χ1v) is 10.2. The number of aromatic nitrogens is 1. The Hall–Kier alpha value is -0.960. The maximum absolute atomic E-state index is 12.6. The van der Waals surface area contributed by atoms with E-state index in [0.717, 1.165) is 49.5 Å². The lowest BCUT2D eigenvalue weighted by atomic mass is 10.1. The van der Waals surface area contributed by atoms with Crippen LogP contribution >= 0.6 is 0 Å². The summed E-state index contributed by atoms with van der Waals surface area (Å²) in [6.45, 7) is 7.94. The van der Waals surface area contributed by atoms with Gasteiger partial charge in [-0.05, 0) is 26.7 Å². The summed E-state index contributed by atoms with van der Waals surface area (Å²) in [5.74, 6) is 1.10. The summed E-state index contributed by atoms with van der Waals surface area (Å²) in [7, 11) is -3.12. The number of hydrogen-bond acceptors (Lipinski definition) is 6. The summed E-state index contributed by atoms with van der Waals surface area (Å²) in [6.07, 6.45) is 1.74. The predicted octanol–water partition coefficient (Wildman–Crippen LogP) is 0.916. The highest BCUT2D eigenvalue weighted by molar-refractivity contribution is 7.90. The van der Waals surface area contributed by atoms with Crippen molar-refractivity contribution in [3.8, 4) is 0 Å². The Bertz CT molecular complexity index is 693. The molecule has 8 heteroatoms. The lowest BCUT2D eigenvalue weighted by Crippen LogP contribution is -2.39.